The zero-order chi connectivity index (χ0) is 16.6. The van der Waals surface area contributed by atoms with E-state index in [2.05, 4.69) is 10.0 Å². The number of carbonyl (C=O) groups excluding carboxylic acids is 1. The fraction of sp³-hybridized carbons (Fsp3) is 0.846. The lowest BCUT2D eigenvalue weighted by molar-refractivity contribution is -0.138. The number of hydrogen-bond acceptors (Lipinski definition) is 4. The third kappa shape index (κ3) is 10.3. The van der Waals surface area contributed by atoms with Crippen LogP contribution in [0.25, 0.3) is 0 Å². The van der Waals surface area contributed by atoms with E-state index in [4.69, 9.17) is 5.11 Å². The van der Waals surface area contributed by atoms with Crippen molar-refractivity contribution in [3.05, 3.63) is 0 Å². The highest BCUT2D eigenvalue weighted by atomic mass is 32.2. The summed E-state index contributed by atoms with van der Waals surface area (Å²) in [6.07, 6.45) is 1.99. The number of aliphatic carboxylic acids is 1. The first-order valence-electron chi connectivity index (χ1n) is 7.02. The van der Waals surface area contributed by atoms with E-state index in [0.29, 0.717) is 12.8 Å². The Labute approximate surface area is 126 Å². The van der Waals surface area contributed by atoms with Crippen molar-refractivity contribution in [1.82, 2.24) is 10.0 Å². The summed E-state index contributed by atoms with van der Waals surface area (Å²) in [6, 6.07) is -0.831. The van der Waals surface area contributed by atoms with Crippen LogP contribution in [0.4, 0.5) is 0 Å². The van der Waals surface area contributed by atoms with Gasteiger partial charge in [0, 0.05) is 13.0 Å². The van der Waals surface area contributed by atoms with E-state index in [9.17, 15) is 18.0 Å². The highest BCUT2D eigenvalue weighted by molar-refractivity contribution is 7.88. The quantitative estimate of drug-likeness (QED) is 0.544. The van der Waals surface area contributed by atoms with Crippen LogP contribution in [0.1, 0.15) is 40.0 Å². The molecule has 0 fully saturated rings. The van der Waals surface area contributed by atoms with Crippen LogP contribution < -0.4 is 10.0 Å². The fourth-order valence-corrected chi connectivity index (χ4v) is 2.63. The number of amides is 1. The summed E-state index contributed by atoms with van der Waals surface area (Å²) in [6.45, 7) is 5.86. The molecule has 0 aliphatic heterocycles. The molecule has 7 nitrogen and oxygen atoms in total. The van der Waals surface area contributed by atoms with Crippen molar-refractivity contribution in [2.75, 3.05) is 12.8 Å². The zero-order valence-corrected chi connectivity index (χ0v) is 13.9. The van der Waals surface area contributed by atoms with Gasteiger partial charge in [0.1, 0.15) is 6.04 Å². The van der Waals surface area contributed by atoms with Crippen molar-refractivity contribution in [3.8, 4) is 0 Å². The average molecular weight is 322 g/mol. The Balaban J connectivity index is 4.62. The Morgan fingerprint density at radius 1 is 1.24 bits per heavy atom. The smallest absolute Gasteiger partial charge is 0.303 e. The summed E-state index contributed by atoms with van der Waals surface area (Å²) in [5.41, 5.74) is 0. The van der Waals surface area contributed by atoms with Gasteiger partial charge < -0.3 is 10.4 Å². The largest absolute Gasteiger partial charge is 0.481 e. The van der Waals surface area contributed by atoms with Crippen molar-refractivity contribution in [1.29, 1.82) is 0 Å². The van der Waals surface area contributed by atoms with Gasteiger partial charge in [-0.15, -0.1) is 0 Å². The van der Waals surface area contributed by atoms with E-state index in [1.807, 2.05) is 20.8 Å². The lowest BCUT2D eigenvalue weighted by Crippen LogP contribution is -2.48. The van der Waals surface area contributed by atoms with E-state index in [-0.39, 0.29) is 24.8 Å². The van der Waals surface area contributed by atoms with Crippen LogP contribution in [-0.4, -0.2) is 44.2 Å². The molecule has 3 N–H and O–H groups in total. The molecule has 0 aromatic rings. The summed E-state index contributed by atoms with van der Waals surface area (Å²) in [7, 11) is -3.48. The molecule has 0 aromatic carbocycles. The van der Waals surface area contributed by atoms with E-state index in [1.165, 1.54) is 0 Å². The predicted molar refractivity (Wildman–Crippen MR) is 80.3 cm³/mol. The van der Waals surface area contributed by atoms with Crippen LogP contribution in [0.5, 0.6) is 0 Å². The topological polar surface area (TPSA) is 113 Å². The molecule has 2 atom stereocenters. The molecule has 0 aliphatic rings. The molecule has 0 spiro atoms. The number of carboxylic acids is 1. The highest BCUT2D eigenvalue weighted by Crippen LogP contribution is 2.09. The standard InChI is InChI=1S/C13H26N2O5S/c1-5-10(7-12(16)17)8-14-13(18)11(6-9(2)3)15-21(4,19)20/h9-11,15H,5-8H2,1-4H3,(H,14,18)(H,16,17). The normalized spacial score (nSPS) is 14.7. The molecule has 0 saturated carbocycles. The monoisotopic (exact) mass is 322 g/mol. The molecule has 124 valence electrons. The van der Waals surface area contributed by atoms with Gasteiger partial charge in [-0.05, 0) is 18.3 Å². The zero-order valence-electron chi connectivity index (χ0n) is 13.0. The van der Waals surface area contributed by atoms with E-state index >= 15 is 0 Å². The molecule has 0 radical (unpaired) electrons. The van der Waals surface area contributed by atoms with Gasteiger partial charge in [-0.1, -0.05) is 27.2 Å². The molecular formula is C13H26N2O5S. The first-order valence-corrected chi connectivity index (χ1v) is 8.91. The fourth-order valence-electron chi connectivity index (χ4n) is 1.91. The third-order valence-electron chi connectivity index (χ3n) is 2.99. The van der Waals surface area contributed by atoms with Crippen LogP contribution in [0.15, 0.2) is 0 Å². The Morgan fingerprint density at radius 2 is 1.81 bits per heavy atom. The lowest BCUT2D eigenvalue weighted by Gasteiger charge is -2.21. The van der Waals surface area contributed by atoms with Crippen molar-refractivity contribution in [2.45, 2.75) is 46.1 Å². The van der Waals surface area contributed by atoms with Crippen LogP contribution in [-0.2, 0) is 19.6 Å². The summed E-state index contributed by atoms with van der Waals surface area (Å²) >= 11 is 0. The maximum Gasteiger partial charge on any atom is 0.303 e. The summed E-state index contributed by atoms with van der Waals surface area (Å²) in [4.78, 5) is 22.8. The number of sulfonamides is 1. The second kappa shape index (κ2) is 8.99. The molecule has 21 heavy (non-hydrogen) atoms. The van der Waals surface area contributed by atoms with Crippen molar-refractivity contribution in [2.24, 2.45) is 11.8 Å². The van der Waals surface area contributed by atoms with Gasteiger partial charge in [0.25, 0.3) is 0 Å². The highest BCUT2D eigenvalue weighted by Gasteiger charge is 2.23. The van der Waals surface area contributed by atoms with Gasteiger partial charge in [-0.25, -0.2) is 13.1 Å². The molecule has 1 amide bonds. The first-order chi connectivity index (χ1) is 9.55. The molecule has 8 heteroatoms. The maximum absolute atomic E-state index is 12.1. The summed E-state index contributed by atoms with van der Waals surface area (Å²) in [5.74, 6) is -1.34. The molecule has 0 aliphatic carbocycles. The average Bonchev–Trinajstić information content (AvgIpc) is 2.30. The summed E-state index contributed by atoms with van der Waals surface area (Å²) < 4.78 is 24.9. The number of hydrogen-bond donors (Lipinski definition) is 3. The van der Waals surface area contributed by atoms with E-state index < -0.39 is 27.9 Å². The molecular weight excluding hydrogens is 296 g/mol. The molecule has 0 saturated heterocycles. The van der Waals surface area contributed by atoms with Gasteiger partial charge in [-0.3, -0.25) is 9.59 Å². The molecule has 0 aromatic heterocycles. The van der Waals surface area contributed by atoms with Crippen molar-refractivity contribution in [3.63, 3.8) is 0 Å². The second-order valence-corrected chi connectivity index (χ2v) is 7.47. The van der Waals surface area contributed by atoms with E-state index in [0.717, 1.165) is 6.26 Å². The van der Waals surface area contributed by atoms with Crippen molar-refractivity contribution < 1.29 is 23.1 Å². The minimum atomic E-state index is -3.48. The number of carbonyl (C=O) groups is 2. The molecule has 0 rings (SSSR count). The van der Waals surface area contributed by atoms with Crippen LogP contribution in [0, 0.1) is 11.8 Å². The number of carboxylic acid groups (broad SMARTS) is 1. The first kappa shape index (κ1) is 19.9. The van der Waals surface area contributed by atoms with E-state index in [1.54, 1.807) is 0 Å². The van der Waals surface area contributed by atoms with Gasteiger partial charge in [0.15, 0.2) is 0 Å². The van der Waals surface area contributed by atoms with Crippen LogP contribution in [0.3, 0.4) is 0 Å². The Kier molecular flexibility index (Phi) is 8.50. The van der Waals surface area contributed by atoms with Gasteiger partial charge in [0.2, 0.25) is 15.9 Å². The number of rotatable bonds is 10. The van der Waals surface area contributed by atoms with Crippen LogP contribution >= 0.6 is 0 Å². The number of nitrogens with one attached hydrogen (secondary N) is 2. The predicted octanol–water partition coefficient (Wildman–Crippen LogP) is 0.567. The second-order valence-electron chi connectivity index (χ2n) is 5.69. The van der Waals surface area contributed by atoms with Crippen LogP contribution in [0.2, 0.25) is 0 Å². The lowest BCUT2D eigenvalue weighted by atomic mass is 10.0. The minimum absolute atomic E-state index is 0.0227. The van der Waals surface area contributed by atoms with Gasteiger partial charge >= 0.3 is 5.97 Å². The van der Waals surface area contributed by atoms with Crippen molar-refractivity contribution >= 4 is 21.9 Å². The Bertz CT molecular complexity index is 447. The SMILES string of the molecule is CCC(CNC(=O)C(CC(C)C)NS(C)(=O)=O)CC(=O)O. The Morgan fingerprint density at radius 3 is 2.19 bits per heavy atom. The van der Waals surface area contributed by atoms with Gasteiger partial charge in [-0.2, -0.15) is 0 Å². The molecule has 2 unspecified atom stereocenters. The Hall–Kier alpha value is -1.15. The third-order valence-corrected chi connectivity index (χ3v) is 3.70. The summed E-state index contributed by atoms with van der Waals surface area (Å²) in [5, 5.41) is 11.4. The molecule has 0 heterocycles. The molecule has 0 bridgehead atoms. The van der Waals surface area contributed by atoms with Gasteiger partial charge in [0.05, 0.1) is 6.26 Å². The minimum Gasteiger partial charge on any atom is -0.481 e. The maximum atomic E-state index is 12.1.